The Hall–Kier alpha value is -3.32. The molecule has 1 fully saturated rings. The summed E-state index contributed by atoms with van der Waals surface area (Å²) >= 11 is 0. The summed E-state index contributed by atoms with van der Waals surface area (Å²) in [6.07, 6.45) is -0.0519. The molecule has 0 aliphatic carbocycles. The fourth-order valence-electron chi connectivity index (χ4n) is 3.83. The van der Waals surface area contributed by atoms with Gasteiger partial charge in [0.25, 0.3) is 11.7 Å². The number of likely N-dealkylation sites (tertiary alicyclic amines) is 1. The van der Waals surface area contributed by atoms with E-state index in [4.69, 9.17) is 14.2 Å². The van der Waals surface area contributed by atoms with Crippen LogP contribution in [0.4, 0.5) is 0 Å². The first-order valence-corrected chi connectivity index (χ1v) is 11.1. The minimum absolute atomic E-state index is 0.0416. The third-order valence-electron chi connectivity index (χ3n) is 5.35. The molecule has 0 radical (unpaired) electrons. The molecule has 0 bridgehead atoms. The van der Waals surface area contributed by atoms with E-state index < -0.39 is 17.7 Å². The monoisotopic (exact) mass is 453 g/mol. The number of ketones is 1. The number of benzene rings is 2. The summed E-state index contributed by atoms with van der Waals surface area (Å²) in [4.78, 5) is 27.4. The lowest BCUT2D eigenvalue weighted by molar-refractivity contribution is -0.140. The Labute approximate surface area is 194 Å². The van der Waals surface area contributed by atoms with Crippen LogP contribution in [0.5, 0.6) is 11.5 Å². The van der Waals surface area contributed by atoms with E-state index >= 15 is 0 Å². The number of methoxy groups -OCH3 is 1. The van der Waals surface area contributed by atoms with Crippen LogP contribution < -0.4 is 9.47 Å². The van der Waals surface area contributed by atoms with Crippen molar-refractivity contribution in [3.8, 4) is 11.5 Å². The van der Waals surface area contributed by atoms with E-state index in [9.17, 15) is 14.7 Å². The molecule has 7 nitrogen and oxygen atoms in total. The number of aliphatic hydroxyl groups is 1. The lowest BCUT2D eigenvalue weighted by atomic mass is 9.94. The summed E-state index contributed by atoms with van der Waals surface area (Å²) in [5, 5.41) is 11.1. The van der Waals surface area contributed by atoms with Gasteiger partial charge in [0.05, 0.1) is 30.9 Å². The van der Waals surface area contributed by atoms with Crippen molar-refractivity contribution in [3.05, 3.63) is 64.7 Å². The van der Waals surface area contributed by atoms with E-state index in [0.717, 1.165) is 5.56 Å². The molecule has 3 rings (SSSR count). The third kappa shape index (κ3) is 5.20. The van der Waals surface area contributed by atoms with Gasteiger partial charge in [-0.1, -0.05) is 35.9 Å². The molecule has 1 unspecified atom stereocenters. The highest BCUT2D eigenvalue weighted by atomic mass is 16.5. The van der Waals surface area contributed by atoms with Gasteiger partial charge >= 0.3 is 0 Å². The zero-order chi connectivity index (χ0) is 24.1. The summed E-state index contributed by atoms with van der Waals surface area (Å²) in [5.41, 5.74) is 2.17. The first-order chi connectivity index (χ1) is 15.8. The van der Waals surface area contributed by atoms with Gasteiger partial charge < -0.3 is 24.2 Å². The van der Waals surface area contributed by atoms with E-state index in [1.807, 2.05) is 39.8 Å². The average Bonchev–Trinajstić information content (AvgIpc) is 3.03. The van der Waals surface area contributed by atoms with Crippen molar-refractivity contribution in [2.45, 2.75) is 39.8 Å². The average molecular weight is 454 g/mol. The van der Waals surface area contributed by atoms with Crippen LogP contribution >= 0.6 is 0 Å². The predicted octanol–water partition coefficient (Wildman–Crippen LogP) is 4.25. The molecule has 7 heteroatoms. The lowest BCUT2D eigenvalue weighted by Gasteiger charge is -2.26. The van der Waals surface area contributed by atoms with Crippen LogP contribution in [0.1, 0.15) is 43.5 Å². The highest BCUT2D eigenvalue weighted by Gasteiger charge is 2.46. The molecule has 0 saturated carbocycles. The number of carbonyl (C=O) groups excluding carboxylic acids is 2. The topological polar surface area (TPSA) is 85.3 Å². The van der Waals surface area contributed by atoms with E-state index in [1.54, 1.807) is 30.3 Å². The Morgan fingerprint density at radius 1 is 1.09 bits per heavy atom. The Kier molecular flexibility index (Phi) is 7.76. The van der Waals surface area contributed by atoms with Crippen molar-refractivity contribution in [3.63, 3.8) is 0 Å². The second kappa shape index (κ2) is 10.5. The summed E-state index contributed by atoms with van der Waals surface area (Å²) < 4.78 is 16.8. The maximum Gasteiger partial charge on any atom is 0.295 e. The van der Waals surface area contributed by atoms with E-state index in [-0.39, 0.29) is 30.6 Å². The molecule has 176 valence electrons. The normalized spacial score (nSPS) is 17.6. The van der Waals surface area contributed by atoms with Crippen molar-refractivity contribution in [1.82, 2.24) is 4.90 Å². The number of rotatable bonds is 9. The van der Waals surface area contributed by atoms with E-state index in [2.05, 4.69) is 0 Å². The molecule has 1 saturated heterocycles. The minimum Gasteiger partial charge on any atom is -0.507 e. The fraction of sp³-hybridized carbons (Fsp3) is 0.385. The summed E-state index contributed by atoms with van der Waals surface area (Å²) in [5.74, 6) is -0.529. The zero-order valence-electron chi connectivity index (χ0n) is 19.8. The number of Topliss-reactive ketones (excluding diaryl/α,β-unsaturated/α-hetero) is 1. The van der Waals surface area contributed by atoms with Crippen molar-refractivity contribution < 1.29 is 28.9 Å². The molecule has 1 N–H and O–H groups in total. The molecule has 1 aliphatic rings. The highest BCUT2D eigenvalue weighted by molar-refractivity contribution is 6.46. The standard InChI is InChI=1S/C26H31NO6/c1-6-32-21-15-19(11-12-20(21)33-16(2)3)23-22(24(28)18-9-7-17(4)8-10-18)25(29)26(30)27(23)13-14-31-5/h7-12,15-16,23,28H,6,13-14H2,1-5H3/b24-22-. The van der Waals surface area contributed by atoms with Gasteiger partial charge in [0, 0.05) is 19.2 Å². The number of ether oxygens (including phenoxy) is 3. The molecule has 0 aromatic heterocycles. The van der Waals surface area contributed by atoms with Crippen molar-refractivity contribution in [1.29, 1.82) is 0 Å². The van der Waals surface area contributed by atoms with Crippen LogP contribution in [0.3, 0.4) is 0 Å². The predicted molar refractivity (Wildman–Crippen MR) is 125 cm³/mol. The van der Waals surface area contributed by atoms with Gasteiger partial charge in [-0.25, -0.2) is 0 Å². The molecule has 0 spiro atoms. The quantitative estimate of drug-likeness (QED) is 0.347. The summed E-state index contributed by atoms with van der Waals surface area (Å²) in [6.45, 7) is 8.52. The lowest BCUT2D eigenvalue weighted by Crippen LogP contribution is -2.32. The minimum atomic E-state index is -0.784. The molecular weight excluding hydrogens is 422 g/mol. The van der Waals surface area contributed by atoms with Crippen LogP contribution in [0.25, 0.3) is 5.76 Å². The summed E-state index contributed by atoms with van der Waals surface area (Å²) in [7, 11) is 1.53. The Morgan fingerprint density at radius 3 is 2.39 bits per heavy atom. The smallest absolute Gasteiger partial charge is 0.295 e. The van der Waals surface area contributed by atoms with Crippen LogP contribution in [0, 0.1) is 6.92 Å². The van der Waals surface area contributed by atoms with Gasteiger partial charge in [0.2, 0.25) is 0 Å². The van der Waals surface area contributed by atoms with Gasteiger partial charge in [-0.2, -0.15) is 0 Å². The zero-order valence-corrected chi connectivity index (χ0v) is 19.8. The van der Waals surface area contributed by atoms with Gasteiger partial charge in [0.15, 0.2) is 11.5 Å². The fourth-order valence-corrected chi connectivity index (χ4v) is 3.83. The maximum absolute atomic E-state index is 13.1. The van der Waals surface area contributed by atoms with E-state index in [1.165, 1.54) is 12.0 Å². The molecule has 2 aromatic carbocycles. The Bertz CT molecular complexity index is 1040. The first kappa shape index (κ1) is 24.3. The molecule has 1 heterocycles. The molecule has 2 aromatic rings. The number of carbonyl (C=O) groups is 2. The number of nitrogens with zero attached hydrogens (tertiary/aromatic N) is 1. The molecular formula is C26H31NO6. The first-order valence-electron chi connectivity index (χ1n) is 11.1. The highest BCUT2D eigenvalue weighted by Crippen LogP contribution is 2.42. The summed E-state index contributed by atoms with van der Waals surface area (Å²) in [6, 6.07) is 11.7. The number of hydrogen-bond donors (Lipinski definition) is 1. The van der Waals surface area contributed by atoms with Crippen molar-refractivity contribution >= 4 is 17.4 Å². The largest absolute Gasteiger partial charge is 0.507 e. The SMILES string of the molecule is CCOc1cc(C2/C(=C(/O)c3ccc(C)cc3)C(=O)C(=O)N2CCOC)ccc1OC(C)C. The van der Waals surface area contributed by atoms with Gasteiger partial charge in [-0.15, -0.1) is 0 Å². The van der Waals surface area contributed by atoms with Crippen LogP contribution in [-0.2, 0) is 14.3 Å². The second-order valence-electron chi connectivity index (χ2n) is 8.16. The van der Waals surface area contributed by atoms with Crippen LogP contribution in [0.2, 0.25) is 0 Å². The Balaban J connectivity index is 2.16. The van der Waals surface area contributed by atoms with E-state index in [0.29, 0.717) is 29.2 Å². The number of amides is 1. The second-order valence-corrected chi connectivity index (χ2v) is 8.16. The van der Waals surface area contributed by atoms with Crippen molar-refractivity contribution in [2.24, 2.45) is 0 Å². The van der Waals surface area contributed by atoms with Gasteiger partial charge in [-0.3, -0.25) is 9.59 Å². The molecule has 1 atom stereocenters. The number of aryl methyl sites for hydroxylation is 1. The Morgan fingerprint density at radius 2 is 1.79 bits per heavy atom. The van der Waals surface area contributed by atoms with Crippen molar-refractivity contribution in [2.75, 3.05) is 26.9 Å². The van der Waals surface area contributed by atoms with Crippen LogP contribution in [0.15, 0.2) is 48.0 Å². The molecule has 33 heavy (non-hydrogen) atoms. The molecule has 1 amide bonds. The third-order valence-corrected chi connectivity index (χ3v) is 5.35. The van der Waals surface area contributed by atoms with Crippen LogP contribution in [-0.4, -0.2) is 54.7 Å². The number of hydrogen-bond acceptors (Lipinski definition) is 6. The van der Waals surface area contributed by atoms with Gasteiger partial charge in [-0.05, 0) is 45.4 Å². The maximum atomic E-state index is 13.1. The van der Waals surface area contributed by atoms with Gasteiger partial charge in [0.1, 0.15) is 5.76 Å². The molecule has 1 aliphatic heterocycles. The number of aliphatic hydroxyl groups excluding tert-OH is 1.